The number of carboxylic acids is 1. The van der Waals surface area contributed by atoms with Gasteiger partial charge in [-0.2, -0.15) is 17.5 Å². The van der Waals surface area contributed by atoms with Gasteiger partial charge in [-0.1, -0.05) is 41.5 Å². The third kappa shape index (κ3) is 7.22. The number of ether oxygens (including phenoxy) is 2. The molecule has 1 fully saturated rings. The van der Waals surface area contributed by atoms with Crippen molar-refractivity contribution in [3.05, 3.63) is 59.2 Å². The normalized spacial score (nSPS) is 21.5. The molecule has 0 aliphatic carbocycles. The quantitative estimate of drug-likeness (QED) is 0.615. The Hall–Kier alpha value is -2.67. The maximum Gasteiger partial charge on any atom is 0.490 e. The maximum atomic E-state index is 13.3. The lowest BCUT2D eigenvalue weighted by atomic mass is 10.0. The molecule has 2 aliphatic heterocycles. The van der Waals surface area contributed by atoms with Crippen LogP contribution >= 0.6 is 0 Å². The molecular formula is C25H31F3N2O6S. The van der Waals surface area contributed by atoms with Gasteiger partial charge >= 0.3 is 12.1 Å². The van der Waals surface area contributed by atoms with E-state index in [4.69, 9.17) is 19.4 Å². The van der Waals surface area contributed by atoms with E-state index >= 15 is 0 Å². The molecule has 1 atom stereocenters. The summed E-state index contributed by atoms with van der Waals surface area (Å²) >= 11 is 0. The number of benzene rings is 2. The number of sulfonamides is 1. The fraction of sp³-hybridized carbons (Fsp3) is 0.480. The van der Waals surface area contributed by atoms with Crippen LogP contribution in [-0.2, 0) is 26.1 Å². The monoisotopic (exact) mass is 544 g/mol. The third-order valence-electron chi connectivity index (χ3n) is 6.13. The van der Waals surface area contributed by atoms with E-state index in [9.17, 15) is 21.6 Å². The molecule has 0 saturated carbocycles. The smallest absolute Gasteiger partial charge is 0.483 e. The number of hydrogen-bond acceptors (Lipinski definition) is 6. The number of likely N-dealkylation sites (tertiary alicyclic amines) is 1. The van der Waals surface area contributed by atoms with E-state index in [1.54, 1.807) is 25.3 Å². The highest BCUT2D eigenvalue weighted by Gasteiger charge is 2.47. The fourth-order valence-electron chi connectivity index (χ4n) is 4.64. The van der Waals surface area contributed by atoms with Gasteiger partial charge in [0.25, 0.3) is 0 Å². The molecule has 1 spiro atoms. The standard InChI is InChI=1S/C23H30N2O4S.C2HF3O2/c1-18-12-19(2)14-20(13-18)15-24-9-8-23(16-24)17-25(10-11-28-3)30(26,27)22-7-5-4-6-21(22)29-23;3-2(4,5)1(6)7/h4-7,12-14H,8-11,15-17H2,1-3H3;(H,6,7). The second-order valence-electron chi connectivity index (χ2n) is 9.32. The van der Waals surface area contributed by atoms with E-state index < -0.39 is 27.8 Å². The third-order valence-corrected chi connectivity index (χ3v) is 8.01. The zero-order valence-corrected chi connectivity index (χ0v) is 21.7. The molecule has 0 radical (unpaired) electrons. The Bertz CT molecular complexity index is 1200. The minimum atomic E-state index is -5.08. The van der Waals surface area contributed by atoms with Gasteiger partial charge < -0.3 is 14.6 Å². The summed E-state index contributed by atoms with van der Waals surface area (Å²) in [6.07, 6.45) is -4.30. The first kappa shape index (κ1) is 28.9. The minimum absolute atomic E-state index is 0.241. The van der Waals surface area contributed by atoms with Crippen molar-refractivity contribution in [3.8, 4) is 5.75 Å². The predicted molar refractivity (Wildman–Crippen MR) is 130 cm³/mol. The summed E-state index contributed by atoms with van der Waals surface area (Å²) in [4.78, 5) is 11.5. The number of methoxy groups -OCH3 is 1. The Kier molecular flexibility index (Phi) is 8.89. The van der Waals surface area contributed by atoms with Crippen molar-refractivity contribution in [2.75, 3.05) is 39.9 Å². The molecule has 1 saturated heterocycles. The van der Waals surface area contributed by atoms with Crippen LogP contribution in [0.3, 0.4) is 0 Å². The van der Waals surface area contributed by atoms with E-state index in [0.717, 1.165) is 19.5 Å². The van der Waals surface area contributed by atoms with Gasteiger partial charge in [0.05, 0.1) is 13.2 Å². The molecule has 2 aromatic carbocycles. The molecule has 4 rings (SSSR count). The highest BCUT2D eigenvalue weighted by molar-refractivity contribution is 7.89. The van der Waals surface area contributed by atoms with Gasteiger partial charge in [0, 0.05) is 39.7 Å². The summed E-state index contributed by atoms with van der Waals surface area (Å²) in [5.74, 6) is -2.31. The highest BCUT2D eigenvalue weighted by Crippen LogP contribution is 2.38. The molecule has 1 unspecified atom stereocenters. The lowest BCUT2D eigenvalue weighted by molar-refractivity contribution is -0.192. The van der Waals surface area contributed by atoms with Crippen LogP contribution in [0, 0.1) is 13.8 Å². The van der Waals surface area contributed by atoms with Gasteiger partial charge in [0.1, 0.15) is 16.2 Å². The molecule has 2 aromatic rings. The first-order valence-corrected chi connectivity index (χ1v) is 13.1. The van der Waals surface area contributed by atoms with Crippen LogP contribution in [0.5, 0.6) is 5.75 Å². The number of halogens is 3. The predicted octanol–water partition coefficient (Wildman–Crippen LogP) is 3.61. The first-order valence-electron chi connectivity index (χ1n) is 11.6. The van der Waals surface area contributed by atoms with Crippen LogP contribution in [0.1, 0.15) is 23.1 Å². The summed E-state index contributed by atoms with van der Waals surface area (Å²) in [6, 6.07) is 13.6. The summed E-state index contributed by atoms with van der Waals surface area (Å²) in [5, 5.41) is 7.12. The van der Waals surface area contributed by atoms with Crippen LogP contribution in [0.4, 0.5) is 13.2 Å². The molecule has 8 nitrogen and oxygen atoms in total. The second-order valence-corrected chi connectivity index (χ2v) is 11.2. The summed E-state index contributed by atoms with van der Waals surface area (Å²) in [5.41, 5.74) is 3.24. The van der Waals surface area contributed by atoms with Crippen molar-refractivity contribution in [1.82, 2.24) is 9.21 Å². The van der Waals surface area contributed by atoms with E-state index in [1.807, 2.05) is 6.07 Å². The lowest BCUT2D eigenvalue weighted by Gasteiger charge is -2.32. The van der Waals surface area contributed by atoms with Gasteiger partial charge in [0.2, 0.25) is 10.0 Å². The first-order chi connectivity index (χ1) is 17.3. The van der Waals surface area contributed by atoms with Crippen molar-refractivity contribution >= 4 is 16.0 Å². The zero-order valence-electron chi connectivity index (χ0n) is 20.9. The number of hydrogen-bond donors (Lipinski definition) is 1. The summed E-state index contributed by atoms with van der Waals surface area (Å²) < 4.78 is 71.5. The Morgan fingerprint density at radius 3 is 2.35 bits per heavy atom. The maximum absolute atomic E-state index is 13.3. The topological polar surface area (TPSA) is 96.4 Å². The molecule has 204 valence electrons. The van der Waals surface area contributed by atoms with Gasteiger partial charge in [-0.25, -0.2) is 13.2 Å². The van der Waals surface area contributed by atoms with Crippen molar-refractivity contribution in [2.45, 2.75) is 43.5 Å². The van der Waals surface area contributed by atoms with Crippen molar-refractivity contribution in [1.29, 1.82) is 0 Å². The summed E-state index contributed by atoms with van der Waals surface area (Å²) in [6.45, 7) is 7.62. The number of carbonyl (C=O) groups is 1. The molecule has 0 amide bonds. The van der Waals surface area contributed by atoms with Gasteiger partial charge in [-0.3, -0.25) is 4.90 Å². The lowest BCUT2D eigenvalue weighted by Crippen LogP contribution is -2.49. The number of aryl methyl sites for hydroxylation is 2. The van der Waals surface area contributed by atoms with E-state index in [-0.39, 0.29) is 4.90 Å². The minimum Gasteiger partial charge on any atom is -0.483 e. The van der Waals surface area contributed by atoms with Crippen molar-refractivity contribution in [2.24, 2.45) is 0 Å². The van der Waals surface area contributed by atoms with Gasteiger partial charge in [0.15, 0.2) is 0 Å². The van der Waals surface area contributed by atoms with Crippen LogP contribution in [0.2, 0.25) is 0 Å². The van der Waals surface area contributed by atoms with Gasteiger partial charge in [-0.15, -0.1) is 0 Å². The molecule has 37 heavy (non-hydrogen) atoms. The fourth-order valence-corrected chi connectivity index (χ4v) is 6.26. The second kappa shape index (κ2) is 11.4. The largest absolute Gasteiger partial charge is 0.490 e. The van der Waals surface area contributed by atoms with Crippen molar-refractivity contribution < 1.29 is 41.0 Å². The number of alkyl halides is 3. The van der Waals surface area contributed by atoms with Gasteiger partial charge in [-0.05, 0) is 31.5 Å². The molecule has 2 aliphatic rings. The van der Waals surface area contributed by atoms with Crippen LogP contribution in [0.25, 0.3) is 0 Å². The number of nitrogens with zero attached hydrogens (tertiary/aromatic N) is 2. The Labute approximate surface area is 214 Å². The van der Waals surface area contributed by atoms with Crippen molar-refractivity contribution in [3.63, 3.8) is 0 Å². The molecule has 12 heteroatoms. The van der Waals surface area contributed by atoms with E-state index in [0.29, 0.717) is 32.0 Å². The van der Waals surface area contributed by atoms with E-state index in [2.05, 4.69) is 36.9 Å². The number of rotatable bonds is 5. The SMILES string of the molecule is COCCN1CC2(CCN(Cc3cc(C)cc(C)c3)C2)Oc2ccccc2S1(=O)=O.O=C(O)C(F)(F)F. The Morgan fingerprint density at radius 1 is 1.14 bits per heavy atom. The average molecular weight is 545 g/mol. The highest BCUT2D eigenvalue weighted by atomic mass is 32.2. The molecular weight excluding hydrogens is 513 g/mol. The van der Waals surface area contributed by atoms with Crippen LogP contribution in [0.15, 0.2) is 47.4 Å². The van der Waals surface area contributed by atoms with Crippen LogP contribution in [-0.4, -0.2) is 80.4 Å². The number of carboxylic acid groups (broad SMARTS) is 1. The molecule has 0 bridgehead atoms. The number of fused-ring (bicyclic) bond motifs is 1. The number of para-hydroxylation sites is 1. The zero-order chi connectivity index (χ0) is 27.4. The molecule has 2 heterocycles. The van der Waals surface area contributed by atoms with Crippen LogP contribution < -0.4 is 4.74 Å². The van der Waals surface area contributed by atoms with E-state index in [1.165, 1.54) is 21.0 Å². The molecule has 0 aromatic heterocycles. The average Bonchev–Trinajstić information content (AvgIpc) is 3.13. The molecule has 1 N–H and O–H groups in total. The summed E-state index contributed by atoms with van der Waals surface area (Å²) in [7, 11) is -2.04. The Morgan fingerprint density at radius 2 is 1.76 bits per heavy atom. The number of aliphatic carboxylic acids is 1. The Balaban J connectivity index is 0.000000479.